The minimum absolute atomic E-state index is 0.216. The number of amides is 2. The van der Waals surface area contributed by atoms with E-state index in [1.54, 1.807) is 6.08 Å². The van der Waals surface area contributed by atoms with Crippen LogP contribution in [-0.2, 0) is 9.59 Å². The van der Waals surface area contributed by atoms with Crippen LogP contribution in [-0.4, -0.2) is 43.4 Å². The van der Waals surface area contributed by atoms with E-state index in [-0.39, 0.29) is 17.4 Å². The zero-order valence-electron chi connectivity index (χ0n) is 17.6. The summed E-state index contributed by atoms with van der Waals surface area (Å²) in [5, 5.41) is 5.82. The average molecular weight is 378 g/mol. The molecule has 0 atom stereocenters. The molecule has 1 saturated heterocycles. The van der Waals surface area contributed by atoms with Gasteiger partial charge in [0.05, 0.1) is 0 Å². The largest absolute Gasteiger partial charge is 0.378 e. The minimum Gasteiger partial charge on any atom is -0.378 e. The monoisotopic (exact) mass is 377 g/mol. The highest BCUT2D eigenvalue weighted by molar-refractivity contribution is 6.18. The number of hydrogen-bond acceptors (Lipinski definition) is 3. The van der Waals surface area contributed by atoms with Crippen molar-refractivity contribution < 1.29 is 9.59 Å². The van der Waals surface area contributed by atoms with Crippen molar-refractivity contribution in [2.75, 3.05) is 26.7 Å². The summed E-state index contributed by atoms with van der Waals surface area (Å²) in [5.41, 5.74) is 1.40. The topological polar surface area (TPSA) is 61.4 Å². The van der Waals surface area contributed by atoms with Crippen molar-refractivity contribution in [3.63, 3.8) is 0 Å². The molecule has 27 heavy (non-hydrogen) atoms. The number of unbranched alkanes of at least 4 members (excludes halogenated alkanes) is 6. The molecule has 0 aliphatic carbocycles. The molecule has 0 saturated carbocycles. The molecule has 1 heterocycles. The van der Waals surface area contributed by atoms with Crippen molar-refractivity contribution in [3.8, 4) is 0 Å². The van der Waals surface area contributed by atoms with Crippen LogP contribution in [0.25, 0.3) is 0 Å². The van der Waals surface area contributed by atoms with Crippen molar-refractivity contribution >= 4 is 11.8 Å². The van der Waals surface area contributed by atoms with E-state index in [0.717, 1.165) is 45.1 Å². The van der Waals surface area contributed by atoms with E-state index < -0.39 is 0 Å². The molecule has 5 nitrogen and oxygen atoms in total. The predicted molar refractivity (Wildman–Crippen MR) is 112 cm³/mol. The van der Waals surface area contributed by atoms with Crippen LogP contribution in [0.1, 0.15) is 78.1 Å². The van der Waals surface area contributed by atoms with E-state index in [0.29, 0.717) is 13.1 Å². The van der Waals surface area contributed by atoms with E-state index in [4.69, 9.17) is 0 Å². The summed E-state index contributed by atoms with van der Waals surface area (Å²) < 4.78 is 0. The fourth-order valence-corrected chi connectivity index (χ4v) is 3.17. The second kappa shape index (κ2) is 14.3. The average Bonchev–Trinajstić information content (AvgIpc) is 3.06. The molecule has 5 heteroatoms. The second-order valence-corrected chi connectivity index (χ2v) is 7.40. The third kappa shape index (κ3) is 9.64. The van der Waals surface area contributed by atoms with Crippen molar-refractivity contribution in [3.05, 3.63) is 23.4 Å². The number of nitrogens with zero attached hydrogens (tertiary/aromatic N) is 1. The highest BCUT2D eigenvalue weighted by Gasteiger charge is 2.18. The zero-order chi connectivity index (χ0) is 19.9. The number of carbonyl (C=O) groups is 2. The molecule has 0 aromatic carbocycles. The summed E-state index contributed by atoms with van der Waals surface area (Å²) in [6.45, 7) is 6.60. The highest BCUT2D eigenvalue weighted by atomic mass is 16.2. The summed E-state index contributed by atoms with van der Waals surface area (Å²) in [5.74, 6) is -0.537. The summed E-state index contributed by atoms with van der Waals surface area (Å²) in [7, 11) is 2.05. The number of carbonyl (C=O) groups excluding carboxylic acids is 2. The van der Waals surface area contributed by atoms with Crippen LogP contribution in [0, 0.1) is 0 Å². The van der Waals surface area contributed by atoms with Crippen molar-refractivity contribution in [2.24, 2.45) is 0 Å². The Morgan fingerprint density at radius 2 is 1.48 bits per heavy atom. The van der Waals surface area contributed by atoms with E-state index in [1.807, 2.05) is 13.1 Å². The minimum atomic E-state index is -0.268. The summed E-state index contributed by atoms with van der Waals surface area (Å²) in [6, 6.07) is 0. The van der Waals surface area contributed by atoms with Crippen molar-refractivity contribution in [1.29, 1.82) is 0 Å². The highest BCUT2D eigenvalue weighted by Crippen LogP contribution is 2.18. The number of rotatable bonds is 13. The van der Waals surface area contributed by atoms with Gasteiger partial charge in [0.2, 0.25) is 0 Å². The molecule has 1 aliphatic rings. The van der Waals surface area contributed by atoms with E-state index >= 15 is 0 Å². The van der Waals surface area contributed by atoms with E-state index in [2.05, 4.69) is 29.4 Å². The smallest absolute Gasteiger partial charge is 0.256 e. The first kappa shape index (κ1) is 23.3. The van der Waals surface area contributed by atoms with Gasteiger partial charge in [0.1, 0.15) is 5.57 Å². The Bertz CT molecular complexity index is 484. The van der Waals surface area contributed by atoms with Crippen LogP contribution in [0.4, 0.5) is 0 Å². The van der Waals surface area contributed by atoms with Crippen LogP contribution in [0.3, 0.4) is 0 Å². The summed E-state index contributed by atoms with van der Waals surface area (Å²) in [4.78, 5) is 27.3. The molecule has 0 bridgehead atoms. The molecular formula is C22H39N3O2. The maximum Gasteiger partial charge on any atom is 0.256 e. The number of hydrogen-bond donors (Lipinski definition) is 2. The Hall–Kier alpha value is -1.78. The van der Waals surface area contributed by atoms with Gasteiger partial charge in [-0.05, 0) is 37.8 Å². The zero-order valence-corrected chi connectivity index (χ0v) is 17.6. The molecule has 1 aliphatic heterocycles. The predicted octanol–water partition coefficient (Wildman–Crippen LogP) is 3.92. The normalized spacial score (nSPS) is 15.1. The quantitative estimate of drug-likeness (QED) is 0.221. The van der Waals surface area contributed by atoms with Gasteiger partial charge in [-0.25, -0.2) is 0 Å². The molecule has 1 rings (SSSR count). The summed E-state index contributed by atoms with van der Waals surface area (Å²) in [6.07, 6.45) is 14.5. The lowest BCUT2D eigenvalue weighted by Gasteiger charge is -2.12. The Labute approximate surface area is 165 Å². The molecule has 0 spiro atoms. The third-order valence-corrected chi connectivity index (χ3v) is 4.98. The number of allylic oxidation sites excluding steroid dienone is 3. The van der Waals surface area contributed by atoms with Gasteiger partial charge in [-0.3, -0.25) is 9.59 Å². The van der Waals surface area contributed by atoms with Gasteiger partial charge < -0.3 is 15.5 Å². The number of nitrogens with one attached hydrogen (secondary N) is 2. The lowest BCUT2D eigenvalue weighted by atomic mass is 10.1. The Morgan fingerprint density at radius 1 is 0.926 bits per heavy atom. The van der Waals surface area contributed by atoms with Crippen LogP contribution < -0.4 is 10.6 Å². The molecule has 2 amide bonds. The van der Waals surface area contributed by atoms with Gasteiger partial charge >= 0.3 is 0 Å². The lowest BCUT2D eigenvalue weighted by Crippen LogP contribution is -2.35. The van der Waals surface area contributed by atoms with Crippen LogP contribution in [0.2, 0.25) is 0 Å². The van der Waals surface area contributed by atoms with Crippen LogP contribution in [0.5, 0.6) is 0 Å². The van der Waals surface area contributed by atoms with Gasteiger partial charge in [0.15, 0.2) is 0 Å². The molecule has 1 fully saturated rings. The first-order valence-corrected chi connectivity index (χ1v) is 10.8. The van der Waals surface area contributed by atoms with Crippen LogP contribution in [0.15, 0.2) is 23.4 Å². The molecule has 154 valence electrons. The van der Waals surface area contributed by atoms with Gasteiger partial charge in [-0.15, -0.1) is 0 Å². The van der Waals surface area contributed by atoms with E-state index in [9.17, 15) is 9.59 Å². The van der Waals surface area contributed by atoms with Gasteiger partial charge in [0.25, 0.3) is 11.8 Å². The second-order valence-electron chi connectivity index (χ2n) is 7.40. The first-order chi connectivity index (χ1) is 13.1. The standard InChI is InChI=1S/C22H39N3O2/c1-4-6-8-10-16-23-21(26)20(15-14-19-13-12-18-25(19)3)22(27)24-17-11-9-7-5-2/h14-15H,4-13,16-18H2,1-3H3,(H,23,26)(H,24,27)/b19-14+. The Balaban J connectivity index is 2.64. The Kier molecular flexibility index (Phi) is 12.3. The third-order valence-electron chi connectivity index (χ3n) is 4.98. The maximum absolute atomic E-state index is 12.6. The molecular weight excluding hydrogens is 338 g/mol. The fourth-order valence-electron chi connectivity index (χ4n) is 3.17. The lowest BCUT2D eigenvalue weighted by molar-refractivity contribution is -0.123. The van der Waals surface area contributed by atoms with E-state index in [1.165, 1.54) is 31.4 Å². The van der Waals surface area contributed by atoms with Gasteiger partial charge in [-0.2, -0.15) is 0 Å². The number of likely N-dealkylation sites (tertiary alicyclic amines) is 1. The Morgan fingerprint density at radius 3 is 1.93 bits per heavy atom. The molecule has 0 aromatic rings. The van der Waals surface area contributed by atoms with Gasteiger partial charge in [-0.1, -0.05) is 52.4 Å². The van der Waals surface area contributed by atoms with Crippen LogP contribution >= 0.6 is 0 Å². The van der Waals surface area contributed by atoms with Crippen molar-refractivity contribution in [1.82, 2.24) is 15.5 Å². The fraction of sp³-hybridized carbons (Fsp3) is 0.727. The maximum atomic E-state index is 12.6. The molecule has 0 aromatic heterocycles. The van der Waals surface area contributed by atoms with Crippen molar-refractivity contribution in [2.45, 2.75) is 78.1 Å². The SMILES string of the molecule is CCCCCCNC(=O)C(=C/C=C1\CCCN1C)C(=O)NCCCCCC. The summed E-state index contributed by atoms with van der Waals surface area (Å²) >= 11 is 0. The first-order valence-electron chi connectivity index (χ1n) is 10.8. The molecule has 0 radical (unpaired) electrons. The van der Waals surface area contributed by atoms with Gasteiger partial charge in [0, 0.05) is 32.4 Å². The molecule has 2 N–H and O–H groups in total. The molecule has 0 unspecified atom stereocenters.